The van der Waals surface area contributed by atoms with Crippen LogP contribution in [0.15, 0.2) is 72.9 Å². The van der Waals surface area contributed by atoms with Crippen molar-refractivity contribution in [3.05, 3.63) is 83.3 Å². The molecule has 4 aromatic rings. The highest BCUT2D eigenvalue weighted by Gasteiger charge is 2.18. The number of Topliss-reactive ketones (excluding diaryl/α,β-unsaturated/α-hetero) is 1. The fourth-order valence-corrected chi connectivity index (χ4v) is 4.05. The Balaban J connectivity index is 1.73. The molecule has 30 heavy (non-hydrogen) atoms. The standard InChI is InChI=1S/C23H20N4O2S/c1-3-11-26(16(2)28)18-7-4-6-17(13-18)21-9-10-24-23-20(15-25-27(21)23)22(29)14-19-8-5-12-30-19/h3-10,12-13,15H,1,11,14H2,2H3. The number of rotatable bonds is 7. The summed E-state index contributed by atoms with van der Waals surface area (Å²) in [5.41, 5.74) is 3.45. The quantitative estimate of drug-likeness (QED) is 0.330. The Morgan fingerprint density at radius 2 is 2.10 bits per heavy atom. The summed E-state index contributed by atoms with van der Waals surface area (Å²) in [5.74, 6) is -0.0768. The van der Waals surface area contributed by atoms with Crippen LogP contribution >= 0.6 is 11.3 Å². The maximum Gasteiger partial charge on any atom is 0.224 e. The first-order chi connectivity index (χ1) is 14.6. The van der Waals surface area contributed by atoms with Crippen molar-refractivity contribution in [3.63, 3.8) is 0 Å². The molecule has 0 spiro atoms. The largest absolute Gasteiger partial charge is 0.309 e. The first kappa shape index (κ1) is 19.7. The van der Waals surface area contributed by atoms with Crippen LogP contribution in [0, 0.1) is 0 Å². The van der Waals surface area contributed by atoms with E-state index in [2.05, 4.69) is 16.7 Å². The number of carbonyl (C=O) groups is 2. The van der Waals surface area contributed by atoms with Gasteiger partial charge in [0.25, 0.3) is 0 Å². The minimum absolute atomic E-state index is 0.0143. The lowest BCUT2D eigenvalue weighted by atomic mass is 10.1. The van der Waals surface area contributed by atoms with E-state index < -0.39 is 0 Å². The number of nitrogens with zero attached hydrogens (tertiary/aromatic N) is 4. The van der Waals surface area contributed by atoms with Crippen LogP contribution in [0.3, 0.4) is 0 Å². The van der Waals surface area contributed by atoms with Gasteiger partial charge in [-0.3, -0.25) is 9.59 Å². The molecule has 0 atom stereocenters. The minimum Gasteiger partial charge on any atom is -0.309 e. The van der Waals surface area contributed by atoms with E-state index in [1.807, 2.05) is 47.8 Å². The summed E-state index contributed by atoms with van der Waals surface area (Å²) in [7, 11) is 0. The number of carbonyl (C=O) groups excluding carboxylic acids is 2. The van der Waals surface area contributed by atoms with Gasteiger partial charge in [0.05, 0.1) is 17.5 Å². The van der Waals surface area contributed by atoms with E-state index in [0.717, 1.165) is 21.8 Å². The Kier molecular flexibility index (Phi) is 5.54. The van der Waals surface area contributed by atoms with E-state index >= 15 is 0 Å². The fraction of sp³-hybridized carbons (Fsp3) is 0.130. The Hall–Kier alpha value is -3.58. The summed E-state index contributed by atoms with van der Waals surface area (Å²) >= 11 is 1.56. The van der Waals surface area contributed by atoms with Crippen LogP contribution in [0.4, 0.5) is 5.69 Å². The molecule has 150 valence electrons. The van der Waals surface area contributed by atoms with Crippen LogP contribution in [0.25, 0.3) is 16.9 Å². The molecule has 0 fully saturated rings. The van der Waals surface area contributed by atoms with Gasteiger partial charge in [-0.2, -0.15) is 5.10 Å². The average molecular weight is 417 g/mol. The third-order valence-electron chi connectivity index (χ3n) is 4.76. The first-order valence-corrected chi connectivity index (χ1v) is 10.3. The molecule has 0 aliphatic carbocycles. The summed E-state index contributed by atoms with van der Waals surface area (Å²) < 4.78 is 1.67. The Labute approximate surface area is 178 Å². The molecule has 0 aliphatic rings. The molecule has 0 N–H and O–H groups in total. The zero-order valence-corrected chi connectivity index (χ0v) is 17.3. The second-order valence-corrected chi connectivity index (χ2v) is 7.80. The zero-order chi connectivity index (χ0) is 21.1. The Bertz CT molecular complexity index is 1230. The fourth-order valence-electron chi connectivity index (χ4n) is 3.35. The number of hydrogen-bond acceptors (Lipinski definition) is 5. The molecule has 3 heterocycles. The second-order valence-electron chi connectivity index (χ2n) is 6.77. The van der Waals surface area contributed by atoms with Crippen LogP contribution in [0.1, 0.15) is 22.2 Å². The topological polar surface area (TPSA) is 67.6 Å². The summed E-state index contributed by atoms with van der Waals surface area (Å²) in [6, 6.07) is 13.4. The van der Waals surface area contributed by atoms with Gasteiger partial charge in [0, 0.05) is 42.2 Å². The van der Waals surface area contributed by atoms with Gasteiger partial charge < -0.3 is 4.90 Å². The molecular formula is C23H20N4O2S. The van der Waals surface area contributed by atoms with E-state index in [1.54, 1.807) is 39.2 Å². The minimum atomic E-state index is -0.0625. The van der Waals surface area contributed by atoms with Gasteiger partial charge >= 0.3 is 0 Å². The third-order valence-corrected chi connectivity index (χ3v) is 5.64. The molecule has 1 aromatic carbocycles. The SMILES string of the molecule is C=CCN(C(C)=O)c1cccc(-c2ccnc3c(C(=O)Cc4cccs4)cnn23)c1. The Morgan fingerprint density at radius 1 is 1.23 bits per heavy atom. The van der Waals surface area contributed by atoms with Crippen molar-refractivity contribution in [3.8, 4) is 11.3 Å². The molecule has 0 saturated heterocycles. The number of thiophene rings is 1. The average Bonchev–Trinajstić information content (AvgIpc) is 3.41. The molecule has 0 unspecified atom stereocenters. The van der Waals surface area contributed by atoms with E-state index in [-0.39, 0.29) is 11.7 Å². The highest BCUT2D eigenvalue weighted by Crippen LogP contribution is 2.26. The molecule has 4 rings (SSSR count). The predicted octanol–water partition coefficient (Wildman–Crippen LogP) is 4.42. The number of amides is 1. The lowest BCUT2D eigenvalue weighted by molar-refractivity contribution is -0.116. The van der Waals surface area contributed by atoms with E-state index in [9.17, 15) is 9.59 Å². The van der Waals surface area contributed by atoms with Crippen LogP contribution < -0.4 is 4.90 Å². The molecule has 3 aromatic heterocycles. The van der Waals surface area contributed by atoms with Gasteiger partial charge in [-0.1, -0.05) is 24.3 Å². The zero-order valence-electron chi connectivity index (χ0n) is 16.5. The van der Waals surface area contributed by atoms with Crippen molar-refractivity contribution in [2.45, 2.75) is 13.3 Å². The number of benzene rings is 1. The smallest absolute Gasteiger partial charge is 0.224 e. The molecule has 0 radical (unpaired) electrons. The molecule has 7 heteroatoms. The van der Waals surface area contributed by atoms with Gasteiger partial charge in [-0.15, -0.1) is 17.9 Å². The van der Waals surface area contributed by atoms with Gasteiger partial charge in [0.2, 0.25) is 5.91 Å². The maximum absolute atomic E-state index is 12.8. The van der Waals surface area contributed by atoms with Gasteiger partial charge in [0.15, 0.2) is 11.4 Å². The van der Waals surface area contributed by atoms with Crippen molar-refractivity contribution in [1.82, 2.24) is 14.6 Å². The number of anilines is 1. The number of hydrogen-bond donors (Lipinski definition) is 0. The molecule has 0 saturated carbocycles. The molecule has 0 bridgehead atoms. The summed E-state index contributed by atoms with van der Waals surface area (Å²) in [6.07, 6.45) is 5.27. The summed E-state index contributed by atoms with van der Waals surface area (Å²) in [5, 5.41) is 6.39. The lowest BCUT2D eigenvalue weighted by Crippen LogP contribution is -2.28. The summed E-state index contributed by atoms with van der Waals surface area (Å²) in [6.45, 7) is 5.68. The Morgan fingerprint density at radius 3 is 2.83 bits per heavy atom. The van der Waals surface area contributed by atoms with Crippen molar-refractivity contribution in [2.24, 2.45) is 0 Å². The normalized spacial score (nSPS) is 10.8. The van der Waals surface area contributed by atoms with Crippen LogP contribution in [0.5, 0.6) is 0 Å². The molecule has 6 nitrogen and oxygen atoms in total. The third kappa shape index (κ3) is 3.79. The second kappa shape index (κ2) is 8.42. The van der Waals surface area contributed by atoms with Crippen molar-refractivity contribution in [1.29, 1.82) is 0 Å². The van der Waals surface area contributed by atoms with Gasteiger partial charge in [0.1, 0.15) is 0 Å². The lowest BCUT2D eigenvalue weighted by Gasteiger charge is -2.20. The number of fused-ring (bicyclic) bond motifs is 1. The maximum atomic E-state index is 12.8. The monoisotopic (exact) mass is 416 g/mol. The van der Waals surface area contributed by atoms with Gasteiger partial charge in [-0.25, -0.2) is 9.50 Å². The van der Waals surface area contributed by atoms with Crippen molar-refractivity contribution >= 4 is 34.4 Å². The molecule has 0 aliphatic heterocycles. The van der Waals surface area contributed by atoms with Crippen LogP contribution in [0.2, 0.25) is 0 Å². The van der Waals surface area contributed by atoms with Crippen molar-refractivity contribution < 1.29 is 9.59 Å². The van der Waals surface area contributed by atoms with Crippen LogP contribution in [-0.4, -0.2) is 32.8 Å². The van der Waals surface area contributed by atoms with E-state index in [4.69, 9.17) is 0 Å². The first-order valence-electron chi connectivity index (χ1n) is 9.46. The molecular weight excluding hydrogens is 396 g/mol. The summed E-state index contributed by atoms with van der Waals surface area (Å²) in [4.78, 5) is 31.9. The van der Waals surface area contributed by atoms with Gasteiger partial charge in [-0.05, 0) is 29.6 Å². The van der Waals surface area contributed by atoms with Crippen molar-refractivity contribution in [2.75, 3.05) is 11.4 Å². The van der Waals surface area contributed by atoms with E-state index in [1.165, 1.54) is 6.92 Å². The number of aromatic nitrogens is 3. The van der Waals surface area contributed by atoms with E-state index in [0.29, 0.717) is 24.2 Å². The molecule has 1 amide bonds. The number of ketones is 1. The highest BCUT2D eigenvalue weighted by molar-refractivity contribution is 7.10. The predicted molar refractivity (Wildman–Crippen MR) is 119 cm³/mol. The highest BCUT2D eigenvalue weighted by atomic mass is 32.1. The van der Waals surface area contributed by atoms with Crippen LogP contribution in [-0.2, 0) is 11.2 Å².